The van der Waals surface area contributed by atoms with Crippen LogP contribution >= 0.6 is 11.3 Å². The van der Waals surface area contributed by atoms with Crippen molar-refractivity contribution in [3.8, 4) is 0 Å². The molecule has 3 aromatic rings. The number of benzene rings is 2. The number of hydrogen-bond acceptors (Lipinski definition) is 4. The Balaban J connectivity index is 2.12. The Kier molecular flexibility index (Phi) is 3.08. The van der Waals surface area contributed by atoms with Gasteiger partial charge in [0, 0.05) is 11.2 Å². The Morgan fingerprint density at radius 2 is 1.74 bits per heavy atom. The quantitative estimate of drug-likeness (QED) is 0.713. The first kappa shape index (κ1) is 12.3. The molecule has 0 saturated carbocycles. The van der Waals surface area contributed by atoms with Crippen molar-refractivity contribution in [3.05, 3.63) is 54.6 Å². The molecule has 19 heavy (non-hydrogen) atoms. The van der Waals surface area contributed by atoms with Crippen molar-refractivity contribution < 1.29 is 4.21 Å². The van der Waals surface area contributed by atoms with Gasteiger partial charge in [0.1, 0.15) is 0 Å². The first-order valence-corrected chi connectivity index (χ1v) is 8.52. The topological polar surface area (TPSA) is 42.3 Å². The highest BCUT2D eigenvalue weighted by Crippen LogP contribution is 2.29. The Morgan fingerprint density at radius 3 is 2.47 bits per heavy atom. The smallest absolute Gasteiger partial charge is 0.219 e. The summed E-state index contributed by atoms with van der Waals surface area (Å²) in [6.07, 6.45) is 1.65. The van der Waals surface area contributed by atoms with Crippen LogP contribution in [0.25, 0.3) is 10.2 Å². The van der Waals surface area contributed by atoms with Crippen LogP contribution in [0.5, 0.6) is 0 Å². The summed E-state index contributed by atoms with van der Waals surface area (Å²) in [5.41, 5.74) is 0.898. The van der Waals surface area contributed by atoms with Crippen molar-refractivity contribution in [3.63, 3.8) is 0 Å². The molecule has 0 N–H and O–H groups in total. The first-order valence-electron chi connectivity index (χ1n) is 5.78. The zero-order chi connectivity index (χ0) is 13.3. The molecule has 96 valence electrons. The van der Waals surface area contributed by atoms with E-state index in [-0.39, 0.29) is 0 Å². The van der Waals surface area contributed by atoms with Gasteiger partial charge in [0.05, 0.1) is 19.9 Å². The van der Waals surface area contributed by atoms with Crippen LogP contribution in [0, 0.1) is 0 Å². The molecule has 2 aromatic carbocycles. The molecule has 3 nitrogen and oxygen atoms in total. The minimum absolute atomic E-state index is 0.567. The normalized spacial score (nSPS) is 14.2. The van der Waals surface area contributed by atoms with Crippen molar-refractivity contribution >= 4 is 36.4 Å². The minimum atomic E-state index is -2.44. The van der Waals surface area contributed by atoms with Crippen LogP contribution in [0.1, 0.15) is 0 Å². The standard InChI is InChI=1S/C14H12N2OS2/c1-19(17,11-7-3-2-4-8-11)16-14-15-12-9-5-6-10-13(12)18-14/h2-10H,1H3. The molecule has 0 fully saturated rings. The van der Waals surface area contributed by atoms with Crippen LogP contribution in [-0.2, 0) is 9.73 Å². The van der Waals surface area contributed by atoms with E-state index in [4.69, 9.17) is 0 Å². The van der Waals surface area contributed by atoms with E-state index < -0.39 is 9.73 Å². The van der Waals surface area contributed by atoms with E-state index in [0.29, 0.717) is 5.13 Å². The minimum Gasteiger partial charge on any atom is -0.245 e. The first-order chi connectivity index (χ1) is 9.15. The number of thiazole rings is 1. The lowest BCUT2D eigenvalue weighted by atomic mass is 10.3. The summed E-state index contributed by atoms with van der Waals surface area (Å²) in [5, 5.41) is 0.567. The summed E-state index contributed by atoms with van der Waals surface area (Å²) in [6.45, 7) is 0. The lowest BCUT2D eigenvalue weighted by molar-refractivity contribution is 0.681. The summed E-state index contributed by atoms with van der Waals surface area (Å²) < 4.78 is 18.0. The van der Waals surface area contributed by atoms with Crippen LogP contribution in [0.4, 0.5) is 5.13 Å². The Bertz CT molecular complexity index is 798. The van der Waals surface area contributed by atoms with Crippen molar-refractivity contribution in [1.82, 2.24) is 4.98 Å². The molecule has 0 saturated heterocycles. The second-order valence-electron chi connectivity index (χ2n) is 4.17. The molecule has 5 heteroatoms. The van der Waals surface area contributed by atoms with Gasteiger partial charge in [-0.1, -0.05) is 41.7 Å². The molecule has 1 unspecified atom stereocenters. The molecule has 0 aliphatic carbocycles. The van der Waals surface area contributed by atoms with Gasteiger partial charge >= 0.3 is 0 Å². The third-order valence-electron chi connectivity index (χ3n) is 2.72. The lowest BCUT2D eigenvalue weighted by Gasteiger charge is -2.01. The van der Waals surface area contributed by atoms with Gasteiger partial charge in [-0.15, -0.1) is 0 Å². The van der Waals surface area contributed by atoms with Gasteiger partial charge in [-0.2, -0.15) is 4.36 Å². The summed E-state index contributed by atoms with van der Waals surface area (Å²) in [4.78, 5) is 5.13. The highest BCUT2D eigenvalue weighted by Gasteiger charge is 2.08. The van der Waals surface area contributed by atoms with Crippen LogP contribution in [-0.4, -0.2) is 15.4 Å². The fourth-order valence-corrected chi connectivity index (χ4v) is 4.16. The maximum atomic E-state index is 12.6. The molecule has 0 aliphatic heterocycles. The summed E-state index contributed by atoms with van der Waals surface area (Å²) in [5.74, 6) is 0. The van der Waals surface area contributed by atoms with Gasteiger partial charge in [0.25, 0.3) is 0 Å². The molecule has 0 amide bonds. The number of aromatic nitrogens is 1. The SMILES string of the molecule is CS(=O)(=Nc1nc2ccccc2s1)c1ccccc1. The van der Waals surface area contributed by atoms with E-state index in [2.05, 4.69) is 9.35 Å². The van der Waals surface area contributed by atoms with E-state index >= 15 is 0 Å². The molecule has 0 spiro atoms. The van der Waals surface area contributed by atoms with Gasteiger partial charge in [0.2, 0.25) is 5.13 Å². The fraction of sp³-hybridized carbons (Fsp3) is 0.0714. The largest absolute Gasteiger partial charge is 0.245 e. The van der Waals surface area contributed by atoms with Crippen LogP contribution < -0.4 is 0 Å². The second kappa shape index (κ2) is 4.75. The number of nitrogens with zero attached hydrogens (tertiary/aromatic N) is 2. The number of hydrogen-bond donors (Lipinski definition) is 0. The van der Waals surface area contributed by atoms with Crippen molar-refractivity contribution in [1.29, 1.82) is 0 Å². The maximum absolute atomic E-state index is 12.6. The molecule has 1 aromatic heterocycles. The zero-order valence-corrected chi connectivity index (χ0v) is 11.9. The Labute approximate surface area is 116 Å². The average molecular weight is 288 g/mol. The van der Waals surface area contributed by atoms with Crippen LogP contribution in [0.2, 0.25) is 0 Å². The van der Waals surface area contributed by atoms with Crippen molar-refractivity contribution in [2.24, 2.45) is 4.36 Å². The van der Waals surface area contributed by atoms with Gasteiger partial charge in [-0.05, 0) is 24.3 Å². The molecule has 0 radical (unpaired) electrons. The van der Waals surface area contributed by atoms with E-state index in [0.717, 1.165) is 15.1 Å². The second-order valence-corrected chi connectivity index (χ2v) is 7.44. The predicted molar refractivity (Wildman–Crippen MR) is 80.5 cm³/mol. The third kappa shape index (κ3) is 2.52. The zero-order valence-electron chi connectivity index (χ0n) is 10.3. The fourth-order valence-electron chi connectivity index (χ4n) is 1.77. The lowest BCUT2D eigenvalue weighted by Crippen LogP contribution is -1.95. The van der Waals surface area contributed by atoms with Crippen LogP contribution in [0.15, 0.2) is 63.9 Å². The Morgan fingerprint density at radius 1 is 1.05 bits per heavy atom. The number of fused-ring (bicyclic) bond motifs is 1. The highest BCUT2D eigenvalue weighted by molar-refractivity contribution is 7.93. The molecule has 1 atom stereocenters. The molecule has 3 rings (SSSR count). The number of rotatable bonds is 2. The Hall–Kier alpha value is -1.72. The van der Waals surface area contributed by atoms with Gasteiger partial charge < -0.3 is 0 Å². The van der Waals surface area contributed by atoms with E-state index in [9.17, 15) is 4.21 Å². The maximum Gasteiger partial charge on any atom is 0.219 e. The molecular formula is C14H12N2OS2. The molecule has 0 aliphatic rings. The van der Waals surface area contributed by atoms with E-state index in [1.165, 1.54) is 11.3 Å². The third-order valence-corrected chi connectivity index (χ3v) is 5.43. The molecule has 0 bridgehead atoms. The predicted octanol–water partition coefficient (Wildman–Crippen LogP) is 4.08. The monoisotopic (exact) mass is 288 g/mol. The average Bonchev–Trinajstić information content (AvgIpc) is 2.81. The van der Waals surface area contributed by atoms with Gasteiger partial charge in [0.15, 0.2) is 0 Å². The highest BCUT2D eigenvalue weighted by atomic mass is 32.2. The molecular weight excluding hydrogens is 276 g/mol. The van der Waals surface area contributed by atoms with E-state index in [1.54, 1.807) is 6.26 Å². The summed E-state index contributed by atoms with van der Waals surface area (Å²) in [6, 6.07) is 17.1. The van der Waals surface area contributed by atoms with Crippen molar-refractivity contribution in [2.75, 3.05) is 6.26 Å². The van der Waals surface area contributed by atoms with Gasteiger partial charge in [-0.25, -0.2) is 9.19 Å². The summed E-state index contributed by atoms with van der Waals surface area (Å²) in [7, 11) is -2.44. The van der Waals surface area contributed by atoms with Crippen LogP contribution in [0.3, 0.4) is 0 Å². The molecule has 1 heterocycles. The van der Waals surface area contributed by atoms with E-state index in [1.807, 2.05) is 54.6 Å². The van der Waals surface area contributed by atoms with Crippen molar-refractivity contribution in [2.45, 2.75) is 4.90 Å². The van der Waals surface area contributed by atoms with Gasteiger partial charge in [-0.3, -0.25) is 0 Å². The number of para-hydroxylation sites is 1. The summed E-state index contributed by atoms with van der Waals surface area (Å²) >= 11 is 1.46.